The van der Waals surface area contributed by atoms with Crippen LogP contribution in [0.4, 0.5) is 0 Å². The summed E-state index contributed by atoms with van der Waals surface area (Å²) in [7, 11) is 0. The van der Waals surface area contributed by atoms with Gasteiger partial charge in [-0.25, -0.2) is 0 Å². The highest BCUT2D eigenvalue weighted by Crippen LogP contribution is 1.96. The summed E-state index contributed by atoms with van der Waals surface area (Å²) in [6, 6.07) is -1.21. The molecule has 0 spiro atoms. The molecule has 0 aromatic heterocycles. The summed E-state index contributed by atoms with van der Waals surface area (Å²) in [6.07, 6.45) is 0.594. The number of rotatable bonds is 4. The van der Waals surface area contributed by atoms with Crippen LogP contribution in [-0.2, 0) is 4.79 Å². The second kappa shape index (κ2) is 4.03. The first-order chi connectivity index (χ1) is 4.59. The molecule has 4 heteroatoms. The molecule has 0 amide bonds. The number of aliphatic hydroxyl groups excluding tert-OH is 1. The second-order valence-electron chi connectivity index (χ2n) is 1.96. The van der Waals surface area contributed by atoms with Crippen molar-refractivity contribution < 1.29 is 15.0 Å². The highest BCUT2D eigenvalue weighted by atomic mass is 16.4. The Morgan fingerprint density at radius 1 is 1.80 bits per heavy atom. The van der Waals surface area contributed by atoms with Gasteiger partial charge < -0.3 is 15.9 Å². The number of nitrogens with two attached hydrogens (primary N) is 1. The number of carbonyl (C=O) groups is 1. The molecule has 4 N–H and O–H groups in total. The molecule has 10 heavy (non-hydrogen) atoms. The molecule has 0 aliphatic heterocycles. The lowest BCUT2D eigenvalue weighted by atomic mass is 10.1. The van der Waals surface area contributed by atoms with E-state index in [1.807, 2.05) is 0 Å². The number of carboxylic acids is 1. The van der Waals surface area contributed by atoms with Crippen LogP contribution in [0.5, 0.6) is 0 Å². The quantitative estimate of drug-likeness (QED) is 0.458. The van der Waals surface area contributed by atoms with Crippen LogP contribution in [0.2, 0.25) is 0 Å². The van der Waals surface area contributed by atoms with Crippen molar-refractivity contribution >= 4 is 5.97 Å². The molecule has 0 aromatic rings. The fraction of sp³-hybridized carbons (Fsp3) is 0.500. The third-order valence-electron chi connectivity index (χ3n) is 1.11. The number of hydrogen-bond donors (Lipinski definition) is 3. The first-order valence-corrected chi connectivity index (χ1v) is 2.87. The van der Waals surface area contributed by atoms with Gasteiger partial charge in [0.25, 0.3) is 0 Å². The van der Waals surface area contributed by atoms with Crippen molar-refractivity contribution in [1.82, 2.24) is 0 Å². The maximum Gasteiger partial charge on any atom is 0.323 e. The first kappa shape index (κ1) is 9.13. The average molecular weight is 145 g/mol. The number of carboxylic acid groups (broad SMARTS) is 1. The molecule has 0 aliphatic rings. The van der Waals surface area contributed by atoms with Gasteiger partial charge in [-0.1, -0.05) is 6.08 Å². The zero-order valence-electron chi connectivity index (χ0n) is 5.53. The van der Waals surface area contributed by atoms with E-state index in [2.05, 4.69) is 6.58 Å². The minimum atomic E-state index is -1.21. The number of aliphatic hydroxyl groups is 1. The predicted octanol–water partition coefficient (Wildman–Crippen LogP) is -0.665. The Labute approximate surface area is 59.0 Å². The van der Waals surface area contributed by atoms with Crippen molar-refractivity contribution in [3.63, 3.8) is 0 Å². The molecule has 0 rings (SSSR count). The molecule has 0 heterocycles. The van der Waals surface area contributed by atoms with Crippen LogP contribution in [0, 0.1) is 0 Å². The Bertz CT molecular complexity index is 135. The lowest BCUT2D eigenvalue weighted by Gasteiger charge is -2.11. The normalized spacial score (nSPS) is 15.8. The average Bonchev–Trinajstić information content (AvgIpc) is 1.87. The van der Waals surface area contributed by atoms with E-state index in [0.717, 1.165) is 0 Å². The van der Waals surface area contributed by atoms with Crippen molar-refractivity contribution in [2.45, 2.75) is 18.6 Å². The van der Waals surface area contributed by atoms with Gasteiger partial charge in [0.15, 0.2) is 0 Å². The zero-order chi connectivity index (χ0) is 8.15. The summed E-state index contributed by atoms with van der Waals surface area (Å²) >= 11 is 0. The summed E-state index contributed by atoms with van der Waals surface area (Å²) in [5.74, 6) is -1.20. The van der Waals surface area contributed by atoms with Crippen LogP contribution in [0.25, 0.3) is 0 Å². The molecule has 0 aromatic carbocycles. The Morgan fingerprint density at radius 3 is 2.60 bits per heavy atom. The minimum absolute atomic E-state index is 0.202. The van der Waals surface area contributed by atoms with E-state index < -0.39 is 18.1 Å². The van der Waals surface area contributed by atoms with Crippen LogP contribution < -0.4 is 5.73 Å². The molecule has 0 saturated heterocycles. The Hall–Kier alpha value is -0.870. The SMILES string of the molecule is C=CC[C@H](O)[C@@H](N)C(=O)O. The molecule has 4 nitrogen and oxygen atoms in total. The van der Waals surface area contributed by atoms with Crippen LogP contribution >= 0.6 is 0 Å². The van der Waals surface area contributed by atoms with Crippen LogP contribution in [0.15, 0.2) is 12.7 Å². The van der Waals surface area contributed by atoms with Crippen molar-refractivity contribution in [2.24, 2.45) is 5.73 Å². The van der Waals surface area contributed by atoms with Crippen molar-refractivity contribution in [3.05, 3.63) is 12.7 Å². The Balaban J connectivity index is 3.80. The van der Waals surface area contributed by atoms with E-state index in [-0.39, 0.29) is 6.42 Å². The van der Waals surface area contributed by atoms with Crippen molar-refractivity contribution in [3.8, 4) is 0 Å². The molecular formula is C6H11NO3. The van der Waals surface area contributed by atoms with Crippen molar-refractivity contribution in [1.29, 1.82) is 0 Å². The van der Waals surface area contributed by atoms with Gasteiger partial charge in [-0.05, 0) is 6.42 Å². The van der Waals surface area contributed by atoms with Gasteiger partial charge >= 0.3 is 5.97 Å². The summed E-state index contributed by atoms with van der Waals surface area (Å²) in [5, 5.41) is 17.2. The van der Waals surface area contributed by atoms with Gasteiger partial charge in [0.2, 0.25) is 0 Å². The minimum Gasteiger partial charge on any atom is -0.480 e. The van der Waals surface area contributed by atoms with Gasteiger partial charge in [0.05, 0.1) is 6.10 Å². The van der Waals surface area contributed by atoms with E-state index in [1.165, 1.54) is 6.08 Å². The third kappa shape index (κ3) is 2.61. The lowest BCUT2D eigenvalue weighted by molar-refractivity contribution is -0.141. The molecule has 2 atom stereocenters. The highest BCUT2D eigenvalue weighted by molar-refractivity contribution is 5.73. The molecule has 0 unspecified atom stereocenters. The first-order valence-electron chi connectivity index (χ1n) is 2.87. The summed E-state index contributed by atoms with van der Waals surface area (Å²) < 4.78 is 0. The predicted molar refractivity (Wildman–Crippen MR) is 36.4 cm³/mol. The molecule has 0 bridgehead atoms. The topological polar surface area (TPSA) is 83.5 Å². The van der Waals surface area contributed by atoms with Crippen molar-refractivity contribution in [2.75, 3.05) is 0 Å². The molecular weight excluding hydrogens is 134 g/mol. The fourth-order valence-electron chi connectivity index (χ4n) is 0.482. The molecule has 0 fully saturated rings. The number of aliphatic carboxylic acids is 1. The largest absolute Gasteiger partial charge is 0.480 e. The van der Waals surface area contributed by atoms with E-state index in [9.17, 15) is 4.79 Å². The zero-order valence-corrected chi connectivity index (χ0v) is 5.53. The van der Waals surface area contributed by atoms with Gasteiger partial charge in [0.1, 0.15) is 6.04 Å². The fourth-order valence-corrected chi connectivity index (χ4v) is 0.482. The summed E-state index contributed by atoms with van der Waals surface area (Å²) in [4.78, 5) is 10.1. The highest BCUT2D eigenvalue weighted by Gasteiger charge is 2.19. The number of hydrogen-bond acceptors (Lipinski definition) is 3. The van der Waals surface area contributed by atoms with E-state index in [4.69, 9.17) is 15.9 Å². The molecule has 0 saturated carbocycles. The molecule has 58 valence electrons. The second-order valence-corrected chi connectivity index (χ2v) is 1.96. The van der Waals surface area contributed by atoms with Gasteiger partial charge in [-0.2, -0.15) is 0 Å². The van der Waals surface area contributed by atoms with E-state index in [1.54, 1.807) is 0 Å². The molecule has 0 aliphatic carbocycles. The van der Waals surface area contributed by atoms with Gasteiger partial charge in [0, 0.05) is 0 Å². The summed E-state index contributed by atoms with van der Waals surface area (Å²) in [6.45, 7) is 3.33. The molecule has 0 radical (unpaired) electrons. The summed E-state index contributed by atoms with van der Waals surface area (Å²) in [5.41, 5.74) is 5.05. The smallest absolute Gasteiger partial charge is 0.323 e. The van der Waals surface area contributed by atoms with E-state index >= 15 is 0 Å². The Kier molecular flexibility index (Phi) is 3.68. The maximum atomic E-state index is 10.1. The van der Waals surface area contributed by atoms with Crippen LogP contribution in [0.1, 0.15) is 6.42 Å². The standard InChI is InChI=1S/C6H11NO3/c1-2-3-4(8)5(7)6(9)10/h2,4-5,8H,1,3,7H2,(H,9,10)/t4-,5+/m0/s1. The Morgan fingerprint density at radius 2 is 2.30 bits per heavy atom. The van der Waals surface area contributed by atoms with Crippen LogP contribution in [-0.4, -0.2) is 28.3 Å². The van der Waals surface area contributed by atoms with Gasteiger partial charge in [-0.3, -0.25) is 4.79 Å². The maximum absolute atomic E-state index is 10.1. The van der Waals surface area contributed by atoms with Crippen LogP contribution in [0.3, 0.4) is 0 Å². The van der Waals surface area contributed by atoms with E-state index in [0.29, 0.717) is 0 Å². The lowest BCUT2D eigenvalue weighted by Crippen LogP contribution is -2.41. The monoisotopic (exact) mass is 145 g/mol. The van der Waals surface area contributed by atoms with Gasteiger partial charge in [-0.15, -0.1) is 6.58 Å². The third-order valence-corrected chi connectivity index (χ3v) is 1.11.